The number of benzene rings is 3. The van der Waals surface area contributed by atoms with Crippen LogP contribution in [0.5, 0.6) is 0 Å². The van der Waals surface area contributed by atoms with Gasteiger partial charge in [-0.15, -0.1) is 0 Å². The molecule has 3 aliphatic rings. The van der Waals surface area contributed by atoms with Gasteiger partial charge >= 0.3 is 0 Å². The van der Waals surface area contributed by atoms with Crippen molar-refractivity contribution in [3.8, 4) is 0 Å². The Morgan fingerprint density at radius 1 is 0.950 bits per heavy atom. The Bertz CT molecular complexity index is 1510. The SMILES string of the molecule is O=C(c1ccc(N2CCCC2)c([N+](=O)[O-])c1)N1N=C2/C(=C\c3ccc(Cl)cc3)CCC[C@H]2[C@H]1c1ccc(Cl)cc1. The number of carbonyl (C=O) groups is 1. The summed E-state index contributed by atoms with van der Waals surface area (Å²) in [7, 11) is 0. The van der Waals surface area contributed by atoms with Crippen molar-refractivity contribution in [3.63, 3.8) is 0 Å². The standard InChI is InChI=1S/C31H28Cl2N4O3/c32-24-11-6-20(7-12-24)18-22-4-3-5-26-29(22)34-36(30(26)21-8-13-25(33)14-9-21)31(38)23-10-15-27(28(19-23)37(39)40)35-16-1-2-17-35/h6-15,18-19,26,30H,1-5,16-17H2/b22-18-/t26-,30-/m1/s1. The Hall–Kier alpha value is -3.68. The van der Waals surface area contributed by atoms with Crippen LogP contribution in [-0.2, 0) is 0 Å². The number of rotatable bonds is 5. The van der Waals surface area contributed by atoms with Crippen molar-refractivity contribution < 1.29 is 9.72 Å². The molecule has 9 heteroatoms. The van der Waals surface area contributed by atoms with Gasteiger partial charge in [0, 0.05) is 40.7 Å². The zero-order chi connectivity index (χ0) is 27.8. The molecule has 1 saturated heterocycles. The van der Waals surface area contributed by atoms with E-state index in [1.54, 1.807) is 12.1 Å². The average Bonchev–Trinajstić information content (AvgIpc) is 3.63. The van der Waals surface area contributed by atoms with Crippen LogP contribution in [0.1, 0.15) is 59.6 Å². The third-order valence-corrected chi connectivity index (χ3v) is 8.50. The molecule has 0 N–H and O–H groups in total. The Balaban J connectivity index is 1.41. The molecule has 2 aliphatic heterocycles. The minimum atomic E-state index is -0.399. The lowest BCUT2D eigenvalue weighted by molar-refractivity contribution is -0.384. The molecule has 2 heterocycles. The van der Waals surface area contributed by atoms with Crippen LogP contribution >= 0.6 is 23.2 Å². The third-order valence-electron chi connectivity index (χ3n) is 8.00. The molecule has 1 saturated carbocycles. The van der Waals surface area contributed by atoms with E-state index < -0.39 is 4.92 Å². The number of hydrazone groups is 1. The maximum atomic E-state index is 14.1. The van der Waals surface area contributed by atoms with Gasteiger partial charge in [-0.1, -0.05) is 47.5 Å². The van der Waals surface area contributed by atoms with Gasteiger partial charge in [-0.2, -0.15) is 5.10 Å². The molecule has 0 radical (unpaired) electrons. The number of allylic oxidation sites excluding steroid dienone is 1. The first-order valence-electron chi connectivity index (χ1n) is 13.6. The maximum absolute atomic E-state index is 14.1. The molecule has 0 spiro atoms. The molecular weight excluding hydrogens is 547 g/mol. The predicted octanol–water partition coefficient (Wildman–Crippen LogP) is 7.94. The van der Waals surface area contributed by atoms with Gasteiger partial charge in [-0.3, -0.25) is 14.9 Å². The fraction of sp³-hybridized carbons (Fsp3) is 0.290. The monoisotopic (exact) mass is 574 g/mol. The number of nitro benzene ring substituents is 1. The van der Waals surface area contributed by atoms with Crippen molar-refractivity contribution in [1.82, 2.24) is 5.01 Å². The highest BCUT2D eigenvalue weighted by atomic mass is 35.5. The van der Waals surface area contributed by atoms with E-state index in [2.05, 4.69) is 6.08 Å². The highest BCUT2D eigenvalue weighted by molar-refractivity contribution is 6.30. The van der Waals surface area contributed by atoms with Gasteiger partial charge in [-0.05, 0) is 91.3 Å². The highest BCUT2D eigenvalue weighted by Gasteiger charge is 2.44. The van der Waals surface area contributed by atoms with Crippen LogP contribution in [0, 0.1) is 16.0 Å². The van der Waals surface area contributed by atoms with E-state index in [1.807, 2.05) is 53.4 Å². The summed E-state index contributed by atoms with van der Waals surface area (Å²) >= 11 is 12.3. The quantitative estimate of drug-likeness (QED) is 0.229. The molecule has 2 fully saturated rings. The predicted molar refractivity (Wildman–Crippen MR) is 159 cm³/mol. The van der Waals surface area contributed by atoms with E-state index in [9.17, 15) is 14.9 Å². The van der Waals surface area contributed by atoms with Crippen LogP contribution in [0.15, 0.2) is 77.4 Å². The second kappa shape index (κ2) is 11.1. The Morgan fingerprint density at radius 3 is 2.30 bits per heavy atom. The molecular formula is C31H28Cl2N4O3. The van der Waals surface area contributed by atoms with E-state index in [4.69, 9.17) is 28.3 Å². The van der Waals surface area contributed by atoms with Crippen LogP contribution in [-0.4, -0.2) is 34.6 Å². The van der Waals surface area contributed by atoms with E-state index in [0.29, 0.717) is 15.7 Å². The number of fused-ring (bicyclic) bond motifs is 1. The molecule has 0 unspecified atom stereocenters. The number of carbonyl (C=O) groups excluding carboxylic acids is 1. The molecule has 3 aromatic carbocycles. The lowest BCUT2D eigenvalue weighted by Crippen LogP contribution is -2.32. The second-order valence-electron chi connectivity index (χ2n) is 10.5. The van der Waals surface area contributed by atoms with Gasteiger partial charge < -0.3 is 4.90 Å². The first-order valence-corrected chi connectivity index (χ1v) is 14.3. The lowest BCUT2D eigenvalue weighted by atomic mass is 9.77. The summed E-state index contributed by atoms with van der Waals surface area (Å²) < 4.78 is 0. The third kappa shape index (κ3) is 5.11. The van der Waals surface area contributed by atoms with Crippen LogP contribution in [0.25, 0.3) is 6.08 Å². The van der Waals surface area contributed by atoms with Crippen LogP contribution in [0.2, 0.25) is 10.0 Å². The average molecular weight is 575 g/mol. The zero-order valence-corrected chi connectivity index (χ0v) is 23.3. The Labute approximate surface area is 242 Å². The molecule has 6 rings (SSSR count). The molecule has 0 bridgehead atoms. The fourth-order valence-electron chi connectivity index (χ4n) is 6.08. The molecule has 3 aromatic rings. The first kappa shape index (κ1) is 26.5. The number of amides is 1. The number of hydrogen-bond acceptors (Lipinski definition) is 5. The summed E-state index contributed by atoms with van der Waals surface area (Å²) in [6, 6.07) is 19.6. The van der Waals surface area contributed by atoms with Crippen molar-refractivity contribution in [2.45, 2.75) is 38.1 Å². The second-order valence-corrected chi connectivity index (χ2v) is 11.4. The summed E-state index contributed by atoms with van der Waals surface area (Å²) in [5.74, 6) is -0.361. The molecule has 204 valence electrons. The zero-order valence-electron chi connectivity index (χ0n) is 21.8. The van der Waals surface area contributed by atoms with E-state index in [-0.39, 0.29) is 29.1 Å². The normalized spacial score (nSPS) is 21.4. The first-order chi connectivity index (χ1) is 19.4. The molecule has 0 aromatic heterocycles. The van der Waals surface area contributed by atoms with E-state index in [1.165, 1.54) is 11.1 Å². The van der Waals surface area contributed by atoms with E-state index >= 15 is 0 Å². The van der Waals surface area contributed by atoms with E-state index in [0.717, 1.165) is 67.6 Å². The molecule has 40 heavy (non-hydrogen) atoms. The summed E-state index contributed by atoms with van der Waals surface area (Å²) in [5, 5.41) is 19.8. The van der Waals surface area contributed by atoms with Crippen LogP contribution in [0.4, 0.5) is 11.4 Å². The fourth-order valence-corrected chi connectivity index (χ4v) is 6.33. The number of nitrogens with zero attached hydrogens (tertiary/aromatic N) is 4. The van der Waals surface area contributed by atoms with Gasteiger partial charge in [0.1, 0.15) is 5.69 Å². The molecule has 2 atom stereocenters. The van der Waals surface area contributed by atoms with Crippen molar-refractivity contribution in [1.29, 1.82) is 0 Å². The van der Waals surface area contributed by atoms with Gasteiger partial charge in [0.15, 0.2) is 0 Å². The molecule has 1 aliphatic carbocycles. The number of anilines is 1. The van der Waals surface area contributed by atoms with Gasteiger partial charge in [0.05, 0.1) is 16.7 Å². The Morgan fingerprint density at radius 2 is 1.62 bits per heavy atom. The van der Waals surface area contributed by atoms with Gasteiger partial charge in [-0.25, -0.2) is 5.01 Å². The summed E-state index contributed by atoms with van der Waals surface area (Å²) in [6.07, 6.45) is 6.80. The minimum Gasteiger partial charge on any atom is -0.366 e. The lowest BCUT2D eigenvalue weighted by Gasteiger charge is -2.29. The van der Waals surface area contributed by atoms with Crippen LogP contribution < -0.4 is 4.90 Å². The van der Waals surface area contributed by atoms with Crippen molar-refractivity contribution >= 4 is 52.3 Å². The van der Waals surface area contributed by atoms with Crippen LogP contribution in [0.3, 0.4) is 0 Å². The maximum Gasteiger partial charge on any atom is 0.293 e. The van der Waals surface area contributed by atoms with Crippen molar-refractivity contribution in [2.75, 3.05) is 18.0 Å². The Kier molecular flexibility index (Phi) is 7.34. The van der Waals surface area contributed by atoms with Gasteiger partial charge in [0.25, 0.3) is 11.6 Å². The smallest absolute Gasteiger partial charge is 0.293 e. The largest absolute Gasteiger partial charge is 0.366 e. The van der Waals surface area contributed by atoms with Crippen molar-refractivity contribution in [3.05, 3.63) is 109 Å². The number of nitro groups is 1. The topological polar surface area (TPSA) is 79.0 Å². The van der Waals surface area contributed by atoms with Crippen molar-refractivity contribution in [2.24, 2.45) is 11.0 Å². The van der Waals surface area contributed by atoms with Gasteiger partial charge in [0.2, 0.25) is 0 Å². The molecule has 1 amide bonds. The summed E-state index contributed by atoms with van der Waals surface area (Å²) in [5.41, 5.74) is 4.67. The number of hydrogen-bond donors (Lipinski definition) is 0. The highest BCUT2D eigenvalue weighted by Crippen LogP contribution is 2.45. The number of halogens is 2. The summed E-state index contributed by atoms with van der Waals surface area (Å²) in [6.45, 7) is 1.55. The summed E-state index contributed by atoms with van der Waals surface area (Å²) in [4.78, 5) is 27.7. The molecule has 7 nitrogen and oxygen atoms in total. The minimum absolute atomic E-state index is 0.00344.